The highest BCUT2D eigenvalue weighted by Gasteiger charge is 2.26. The zero-order chi connectivity index (χ0) is 14.5. The second-order valence-electron chi connectivity index (χ2n) is 7.27. The Bertz CT molecular complexity index is 389. The summed E-state index contributed by atoms with van der Waals surface area (Å²) >= 11 is 0. The summed E-state index contributed by atoms with van der Waals surface area (Å²) in [6, 6.07) is 8.79. The van der Waals surface area contributed by atoms with Gasteiger partial charge in [0, 0.05) is 12.1 Å². The standard InChI is InChI=1S/C18H31N/c1-7-12-18(6,14-19-17(3,4)5)13-16-11-9-8-10-15(16)2/h8-11,19H,7,12-14H2,1-6H3. The van der Waals surface area contributed by atoms with Crippen LogP contribution in [-0.4, -0.2) is 12.1 Å². The van der Waals surface area contributed by atoms with E-state index in [2.05, 4.69) is 71.1 Å². The Labute approximate surface area is 119 Å². The summed E-state index contributed by atoms with van der Waals surface area (Å²) < 4.78 is 0. The molecule has 0 aliphatic rings. The van der Waals surface area contributed by atoms with Gasteiger partial charge in [-0.05, 0) is 57.1 Å². The van der Waals surface area contributed by atoms with Gasteiger partial charge in [-0.15, -0.1) is 0 Å². The summed E-state index contributed by atoms with van der Waals surface area (Å²) in [7, 11) is 0. The van der Waals surface area contributed by atoms with Crippen molar-refractivity contribution in [3.63, 3.8) is 0 Å². The van der Waals surface area contributed by atoms with Gasteiger partial charge in [0.25, 0.3) is 0 Å². The molecule has 0 fully saturated rings. The largest absolute Gasteiger partial charge is 0.312 e. The van der Waals surface area contributed by atoms with Crippen LogP contribution in [0.3, 0.4) is 0 Å². The summed E-state index contributed by atoms with van der Waals surface area (Å²) in [4.78, 5) is 0. The molecule has 1 nitrogen and oxygen atoms in total. The fourth-order valence-corrected chi connectivity index (χ4v) is 2.59. The first-order valence-corrected chi connectivity index (χ1v) is 7.55. The van der Waals surface area contributed by atoms with E-state index in [1.165, 1.54) is 24.0 Å². The number of hydrogen-bond donors (Lipinski definition) is 1. The molecule has 0 aliphatic heterocycles. The van der Waals surface area contributed by atoms with Crippen LogP contribution < -0.4 is 5.32 Å². The van der Waals surface area contributed by atoms with Gasteiger partial charge in [0.1, 0.15) is 0 Å². The Morgan fingerprint density at radius 3 is 2.21 bits per heavy atom. The Morgan fingerprint density at radius 2 is 1.68 bits per heavy atom. The Kier molecular flexibility index (Phi) is 5.61. The van der Waals surface area contributed by atoms with Crippen molar-refractivity contribution in [2.45, 2.75) is 66.3 Å². The first kappa shape index (κ1) is 16.2. The smallest absolute Gasteiger partial charge is 0.00967 e. The average molecular weight is 261 g/mol. The molecule has 108 valence electrons. The zero-order valence-corrected chi connectivity index (χ0v) is 13.6. The maximum absolute atomic E-state index is 3.69. The summed E-state index contributed by atoms with van der Waals surface area (Å²) in [5.41, 5.74) is 3.45. The molecule has 0 aromatic heterocycles. The summed E-state index contributed by atoms with van der Waals surface area (Å²) in [5.74, 6) is 0. The van der Waals surface area contributed by atoms with Gasteiger partial charge >= 0.3 is 0 Å². The van der Waals surface area contributed by atoms with Crippen LogP contribution in [-0.2, 0) is 6.42 Å². The Morgan fingerprint density at radius 1 is 1.05 bits per heavy atom. The number of benzene rings is 1. The molecule has 1 rings (SSSR count). The SMILES string of the molecule is CCCC(C)(CNC(C)(C)C)Cc1ccccc1C. The van der Waals surface area contributed by atoms with Gasteiger partial charge in [-0.2, -0.15) is 0 Å². The highest BCUT2D eigenvalue weighted by Crippen LogP contribution is 2.29. The second kappa shape index (κ2) is 6.56. The van der Waals surface area contributed by atoms with E-state index in [9.17, 15) is 0 Å². The van der Waals surface area contributed by atoms with Crippen LogP contribution in [0, 0.1) is 12.3 Å². The number of aryl methyl sites for hydroxylation is 1. The van der Waals surface area contributed by atoms with Gasteiger partial charge in [-0.1, -0.05) is 44.5 Å². The molecule has 1 N–H and O–H groups in total. The molecule has 1 aromatic rings. The fourth-order valence-electron chi connectivity index (χ4n) is 2.59. The molecule has 0 amide bonds. The molecule has 0 saturated carbocycles. The number of rotatable bonds is 6. The monoisotopic (exact) mass is 261 g/mol. The van der Waals surface area contributed by atoms with Crippen molar-refractivity contribution in [1.29, 1.82) is 0 Å². The van der Waals surface area contributed by atoms with Crippen LogP contribution in [0.2, 0.25) is 0 Å². The minimum atomic E-state index is 0.195. The maximum atomic E-state index is 3.69. The molecule has 1 atom stereocenters. The van der Waals surface area contributed by atoms with Crippen molar-refractivity contribution >= 4 is 0 Å². The number of nitrogens with one attached hydrogen (secondary N) is 1. The molecule has 0 saturated heterocycles. The van der Waals surface area contributed by atoms with Crippen molar-refractivity contribution in [1.82, 2.24) is 5.32 Å². The van der Waals surface area contributed by atoms with E-state index >= 15 is 0 Å². The third kappa shape index (κ3) is 5.78. The summed E-state index contributed by atoms with van der Waals surface area (Å²) in [5, 5.41) is 3.69. The van der Waals surface area contributed by atoms with E-state index in [0.717, 1.165) is 13.0 Å². The zero-order valence-electron chi connectivity index (χ0n) is 13.6. The van der Waals surface area contributed by atoms with Crippen molar-refractivity contribution in [3.05, 3.63) is 35.4 Å². The Hall–Kier alpha value is -0.820. The van der Waals surface area contributed by atoms with Gasteiger partial charge in [0.15, 0.2) is 0 Å². The molecule has 19 heavy (non-hydrogen) atoms. The van der Waals surface area contributed by atoms with Gasteiger partial charge < -0.3 is 5.32 Å². The second-order valence-corrected chi connectivity index (χ2v) is 7.27. The minimum Gasteiger partial charge on any atom is -0.312 e. The molecular formula is C18H31N. The van der Waals surface area contributed by atoms with Crippen LogP contribution in [0.25, 0.3) is 0 Å². The first-order valence-electron chi connectivity index (χ1n) is 7.55. The number of hydrogen-bond acceptors (Lipinski definition) is 1. The molecule has 0 radical (unpaired) electrons. The normalized spacial score (nSPS) is 15.3. The lowest BCUT2D eigenvalue weighted by molar-refractivity contribution is 0.243. The third-order valence-corrected chi connectivity index (χ3v) is 3.78. The Balaban J connectivity index is 2.79. The van der Waals surface area contributed by atoms with E-state index in [1.54, 1.807) is 0 Å². The lowest BCUT2D eigenvalue weighted by atomic mass is 9.78. The topological polar surface area (TPSA) is 12.0 Å². The van der Waals surface area contributed by atoms with E-state index in [-0.39, 0.29) is 5.54 Å². The van der Waals surface area contributed by atoms with Crippen molar-refractivity contribution in [2.24, 2.45) is 5.41 Å². The summed E-state index contributed by atoms with van der Waals surface area (Å²) in [6.07, 6.45) is 3.68. The molecule has 1 unspecified atom stereocenters. The van der Waals surface area contributed by atoms with Gasteiger partial charge in [-0.3, -0.25) is 0 Å². The molecule has 0 heterocycles. The van der Waals surface area contributed by atoms with Gasteiger partial charge in [0.05, 0.1) is 0 Å². The van der Waals surface area contributed by atoms with Crippen LogP contribution >= 0.6 is 0 Å². The molecule has 1 aromatic carbocycles. The highest BCUT2D eigenvalue weighted by atomic mass is 15.0. The quantitative estimate of drug-likeness (QED) is 0.780. The van der Waals surface area contributed by atoms with Crippen LogP contribution in [0.5, 0.6) is 0 Å². The van der Waals surface area contributed by atoms with Crippen LogP contribution in [0.1, 0.15) is 58.6 Å². The molecule has 0 bridgehead atoms. The van der Waals surface area contributed by atoms with E-state index in [0.29, 0.717) is 5.41 Å². The first-order chi connectivity index (χ1) is 8.76. The van der Waals surface area contributed by atoms with E-state index < -0.39 is 0 Å². The van der Waals surface area contributed by atoms with E-state index in [1.807, 2.05) is 0 Å². The van der Waals surface area contributed by atoms with Crippen molar-refractivity contribution in [2.75, 3.05) is 6.54 Å². The molecule has 1 heteroatoms. The average Bonchev–Trinajstić information content (AvgIpc) is 2.29. The van der Waals surface area contributed by atoms with Gasteiger partial charge in [0.2, 0.25) is 0 Å². The summed E-state index contributed by atoms with van der Waals surface area (Å²) in [6.45, 7) is 14.7. The third-order valence-electron chi connectivity index (χ3n) is 3.78. The van der Waals surface area contributed by atoms with E-state index in [4.69, 9.17) is 0 Å². The van der Waals surface area contributed by atoms with Crippen molar-refractivity contribution < 1.29 is 0 Å². The van der Waals surface area contributed by atoms with Gasteiger partial charge in [-0.25, -0.2) is 0 Å². The lowest BCUT2D eigenvalue weighted by Crippen LogP contribution is -2.43. The fraction of sp³-hybridized carbons (Fsp3) is 0.667. The van der Waals surface area contributed by atoms with Crippen LogP contribution in [0.4, 0.5) is 0 Å². The van der Waals surface area contributed by atoms with Crippen LogP contribution in [0.15, 0.2) is 24.3 Å². The molecular weight excluding hydrogens is 230 g/mol. The predicted molar refractivity (Wildman–Crippen MR) is 85.7 cm³/mol. The lowest BCUT2D eigenvalue weighted by Gasteiger charge is -2.34. The minimum absolute atomic E-state index is 0.195. The predicted octanol–water partition coefficient (Wildman–Crippen LogP) is 4.73. The maximum Gasteiger partial charge on any atom is 0.00967 e. The van der Waals surface area contributed by atoms with Crippen molar-refractivity contribution in [3.8, 4) is 0 Å². The highest BCUT2D eigenvalue weighted by molar-refractivity contribution is 5.26. The molecule has 0 aliphatic carbocycles. The molecule has 0 spiro atoms.